The van der Waals surface area contributed by atoms with Crippen molar-refractivity contribution < 1.29 is 14.3 Å². The highest BCUT2D eigenvalue weighted by molar-refractivity contribution is 5.98. The van der Waals surface area contributed by atoms with Gasteiger partial charge in [0.25, 0.3) is 0 Å². The first-order valence-electron chi connectivity index (χ1n) is 6.87. The van der Waals surface area contributed by atoms with E-state index < -0.39 is 5.54 Å². The number of carbonyl (C=O) groups excluding carboxylic acids is 2. The molecule has 5 heteroatoms. The molecule has 1 atom stereocenters. The zero-order chi connectivity index (χ0) is 13.9. The minimum atomic E-state index is -0.698. The molecule has 0 aromatic carbocycles. The molecule has 2 fully saturated rings. The van der Waals surface area contributed by atoms with Gasteiger partial charge in [0.15, 0.2) is 0 Å². The second-order valence-corrected chi connectivity index (χ2v) is 5.44. The van der Waals surface area contributed by atoms with Crippen molar-refractivity contribution in [3.05, 3.63) is 12.7 Å². The Balaban J connectivity index is 1.87. The lowest BCUT2D eigenvalue weighted by Gasteiger charge is -2.40. The Bertz CT molecular complexity index is 379. The van der Waals surface area contributed by atoms with Crippen molar-refractivity contribution in [2.75, 3.05) is 26.3 Å². The van der Waals surface area contributed by atoms with E-state index in [-0.39, 0.29) is 18.4 Å². The fourth-order valence-corrected chi connectivity index (χ4v) is 2.52. The highest BCUT2D eigenvalue weighted by atomic mass is 16.5. The van der Waals surface area contributed by atoms with Crippen LogP contribution in [0.25, 0.3) is 0 Å². The molecule has 0 bridgehead atoms. The summed E-state index contributed by atoms with van der Waals surface area (Å²) in [6.45, 7) is 7.16. The highest BCUT2D eigenvalue weighted by Crippen LogP contribution is 2.41. The quantitative estimate of drug-likeness (QED) is 0.545. The molecule has 2 aliphatic rings. The first-order valence-corrected chi connectivity index (χ1v) is 6.87. The normalized spacial score (nSPS) is 27.3. The minimum Gasteiger partial charge on any atom is -0.379 e. The van der Waals surface area contributed by atoms with E-state index in [0.29, 0.717) is 25.7 Å². The Morgan fingerprint density at radius 3 is 2.84 bits per heavy atom. The summed E-state index contributed by atoms with van der Waals surface area (Å²) in [5.41, 5.74) is -0.698. The molecule has 1 saturated heterocycles. The molecule has 1 aliphatic carbocycles. The van der Waals surface area contributed by atoms with Gasteiger partial charge in [-0.3, -0.25) is 9.59 Å². The zero-order valence-electron chi connectivity index (χ0n) is 11.5. The summed E-state index contributed by atoms with van der Waals surface area (Å²) in [7, 11) is 0. The SMILES string of the molecule is C=CCCOCCN1CC(=O)NC(C)(C2CC2)C1=O. The van der Waals surface area contributed by atoms with Crippen molar-refractivity contribution in [2.24, 2.45) is 5.92 Å². The Kier molecular flexibility index (Phi) is 4.24. The predicted molar refractivity (Wildman–Crippen MR) is 71.5 cm³/mol. The number of amides is 2. The topological polar surface area (TPSA) is 58.6 Å². The van der Waals surface area contributed by atoms with Crippen LogP contribution in [0.1, 0.15) is 26.2 Å². The predicted octanol–water partition coefficient (Wildman–Crippen LogP) is 0.706. The van der Waals surface area contributed by atoms with Crippen molar-refractivity contribution in [2.45, 2.75) is 31.7 Å². The van der Waals surface area contributed by atoms with Gasteiger partial charge >= 0.3 is 0 Å². The second kappa shape index (κ2) is 5.74. The number of rotatable bonds is 7. The lowest BCUT2D eigenvalue weighted by molar-refractivity contribution is -0.150. The summed E-state index contributed by atoms with van der Waals surface area (Å²) < 4.78 is 5.41. The van der Waals surface area contributed by atoms with Crippen LogP contribution in [0, 0.1) is 5.92 Å². The maximum Gasteiger partial charge on any atom is 0.248 e. The van der Waals surface area contributed by atoms with Gasteiger partial charge in [0.1, 0.15) is 5.54 Å². The van der Waals surface area contributed by atoms with Crippen LogP contribution in [0.15, 0.2) is 12.7 Å². The fraction of sp³-hybridized carbons (Fsp3) is 0.714. The van der Waals surface area contributed by atoms with Gasteiger partial charge in [-0.2, -0.15) is 0 Å². The van der Waals surface area contributed by atoms with Gasteiger partial charge in [0.05, 0.1) is 19.8 Å². The average Bonchev–Trinajstić information content (AvgIpc) is 3.19. The Hall–Kier alpha value is -1.36. The monoisotopic (exact) mass is 266 g/mol. The van der Waals surface area contributed by atoms with Gasteiger partial charge in [-0.25, -0.2) is 0 Å². The van der Waals surface area contributed by atoms with Crippen molar-refractivity contribution in [1.82, 2.24) is 10.2 Å². The van der Waals surface area contributed by atoms with Gasteiger partial charge in [0, 0.05) is 6.54 Å². The van der Waals surface area contributed by atoms with Crippen LogP contribution in [0.4, 0.5) is 0 Å². The summed E-state index contributed by atoms with van der Waals surface area (Å²) in [5.74, 6) is 0.260. The Labute approximate surface area is 114 Å². The van der Waals surface area contributed by atoms with Crippen LogP contribution in [-0.4, -0.2) is 48.6 Å². The number of nitrogens with zero attached hydrogens (tertiary/aromatic N) is 1. The van der Waals surface area contributed by atoms with E-state index in [4.69, 9.17) is 4.74 Å². The molecule has 0 aromatic rings. The summed E-state index contributed by atoms with van der Waals surface area (Å²) in [4.78, 5) is 25.8. The van der Waals surface area contributed by atoms with E-state index in [2.05, 4.69) is 11.9 Å². The maximum absolute atomic E-state index is 12.4. The molecule has 2 rings (SSSR count). The lowest BCUT2D eigenvalue weighted by atomic mass is 9.91. The van der Waals surface area contributed by atoms with Crippen LogP contribution < -0.4 is 5.32 Å². The molecular formula is C14H22N2O3. The Morgan fingerprint density at radius 1 is 1.47 bits per heavy atom. The summed E-state index contributed by atoms with van der Waals surface area (Å²) >= 11 is 0. The van der Waals surface area contributed by atoms with Gasteiger partial charge in [-0.1, -0.05) is 6.08 Å². The van der Waals surface area contributed by atoms with E-state index >= 15 is 0 Å². The number of piperazine rings is 1. The third-order valence-electron chi connectivity index (χ3n) is 3.83. The summed E-state index contributed by atoms with van der Waals surface area (Å²) in [5, 5.41) is 2.86. The molecule has 0 radical (unpaired) electrons. The standard InChI is InChI=1S/C14H22N2O3/c1-3-4-8-19-9-7-16-10-12(17)15-14(2,13(16)18)11-5-6-11/h3,11H,1,4-10H2,2H3,(H,15,17). The maximum atomic E-state index is 12.4. The summed E-state index contributed by atoms with van der Waals surface area (Å²) in [6.07, 6.45) is 4.64. The van der Waals surface area contributed by atoms with Crippen LogP contribution >= 0.6 is 0 Å². The average molecular weight is 266 g/mol. The fourth-order valence-electron chi connectivity index (χ4n) is 2.52. The van der Waals surface area contributed by atoms with Crippen molar-refractivity contribution >= 4 is 11.8 Å². The van der Waals surface area contributed by atoms with Gasteiger partial charge in [-0.05, 0) is 32.1 Å². The van der Waals surface area contributed by atoms with Gasteiger partial charge in [0.2, 0.25) is 11.8 Å². The third kappa shape index (κ3) is 3.15. The number of carbonyl (C=O) groups is 2. The summed E-state index contributed by atoms with van der Waals surface area (Å²) in [6, 6.07) is 0. The first kappa shape index (κ1) is 14.1. The van der Waals surface area contributed by atoms with Crippen LogP contribution in [-0.2, 0) is 14.3 Å². The molecule has 0 aromatic heterocycles. The van der Waals surface area contributed by atoms with Gasteiger partial charge < -0.3 is 15.0 Å². The number of hydrogen-bond donors (Lipinski definition) is 1. The van der Waals surface area contributed by atoms with Crippen LogP contribution in [0.2, 0.25) is 0 Å². The molecule has 106 valence electrons. The number of ether oxygens (including phenoxy) is 1. The molecule has 0 spiro atoms. The van der Waals surface area contributed by atoms with Gasteiger partial charge in [-0.15, -0.1) is 6.58 Å². The largest absolute Gasteiger partial charge is 0.379 e. The van der Waals surface area contributed by atoms with E-state index in [9.17, 15) is 9.59 Å². The lowest BCUT2D eigenvalue weighted by Crippen LogP contribution is -2.66. The third-order valence-corrected chi connectivity index (χ3v) is 3.83. The molecule has 2 amide bonds. The van der Waals surface area contributed by atoms with Crippen molar-refractivity contribution in [1.29, 1.82) is 0 Å². The molecule has 1 saturated carbocycles. The number of nitrogens with one attached hydrogen (secondary N) is 1. The zero-order valence-corrected chi connectivity index (χ0v) is 11.5. The van der Waals surface area contributed by atoms with E-state index in [1.807, 2.05) is 6.92 Å². The first-order chi connectivity index (χ1) is 9.08. The van der Waals surface area contributed by atoms with Crippen LogP contribution in [0.5, 0.6) is 0 Å². The number of hydrogen-bond acceptors (Lipinski definition) is 3. The Morgan fingerprint density at radius 2 is 2.21 bits per heavy atom. The molecule has 1 N–H and O–H groups in total. The van der Waals surface area contributed by atoms with Crippen molar-refractivity contribution in [3.63, 3.8) is 0 Å². The molecule has 1 heterocycles. The highest BCUT2D eigenvalue weighted by Gasteiger charge is 2.52. The molecule has 5 nitrogen and oxygen atoms in total. The van der Waals surface area contributed by atoms with Crippen LogP contribution in [0.3, 0.4) is 0 Å². The smallest absolute Gasteiger partial charge is 0.248 e. The van der Waals surface area contributed by atoms with E-state index in [1.54, 1.807) is 11.0 Å². The second-order valence-electron chi connectivity index (χ2n) is 5.44. The van der Waals surface area contributed by atoms with Crippen molar-refractivity contribution in [3.8, 4) is 0 Å². The molecule has 1 aliphatic heterocycles. The van der Waals surface area contributed by atoms with E-state index in [0.717, 1.165) is 19.3 Å². The molecule has 1 unspecified atom stereocenters. The molecule has 19 heavy (non-hydrogen) atoms. The van der Waals surface area contributed by atoms with E-state index in [1.165, 1.54) is 0 Å². The minimum absolute atomic E-state index is 0.0296. The molecular weight excluding hydrogens is 244 g/mol.